The molecule has 0 unspecified atom stereocenters. The molecular formula is C65H50N2. The van der Waals surface area contributed by atoms with Gasteiger partial charge in [0.05, 0.1) is 22.2 Å². The molecule has 2 aromatic heterocycles. The average Bonchev–Trinajstić information content (AvgIpc) is 3.99. The third-order valence-electron chi connectivity index (χ3n) is 13.2. The van der Waals surface area contributed by atoms with Gasteiger partial charge < -0.3 is 9.13 Å². The van der Waals surface area contributed by atoms with Crippen LogP contribution in [0.2, 0.25) is 0 Å². The molecule has 2 nitrogen and oxygen atoms in total. The van der Waals surface area contributed by atoms with Crippen molar-refractivity contribution < 1.29 is 0 Å². The first-order chi connectivity index (χ1) is 33.1. The molecule has 12 aromatic rings. The number of allylic oxidation sites excluding steroid dienone is 5. The van der Waals surface area contributed by atoms with Gasteiger partial charge in [0, 0.05) is 38.8 Å². The SMILES string of the molecule is C=C(/C=C(\C=C(/C)c1ccccc1)c1ccc(-n2c3ccc(-c4ccc5c(ccn5-c5cccc6ccccc56)c4)cc3c3c4ccccc4c4ccccc4c32)cc1)c1ccccc1.CC. The summed E-state index contributed by atoms with van der Waals surface area (Å²) in [6.07, 6.45) is 6.71. The lowest BCUT2D eigenvalue weighted by Gasteiger charge is -2.14. The largest absolute Gasteiger partial charge is 0.316 e. The Balaban J connectivity index is 0.00000244. The minimum Gasteiger partial charge on any atom is -0.316 e. The number of benzene rings is 10. The van der Waals surface area contributed by atoms with Crippen LogP contribution in [-0.4, -0.2) is 9.13 Å². The van der Waals surface area contributed by atoms with E-state index in [-0.39, 0.29) is 0 Å². The number of rotatable bonds is 8. The second-order valence-electron chi connectivity index (χ2n) is 17.1. The second-order valence-corrected chi connectivity index (χ2v) is 17.1. The Labute approximate surface area is 392 Å². The summed E-state index contributed by atoms with van der Waals surface area (Å²) in [5.41, 5.74) is 15.0. The van der Waals surface area contributed by atoms with Crippen LogP contribution in [0.15, 0.2) is 243 Å². The van der Waals surface area contributed by atoms with E-state index in [1.54, 1.807) is 0 Å². The van der Waals surface area contributed by atoms with Gasteiger partial charge in [0.2, 0.25) is 0 Å². The molecule has 0 bridgehead atoms. The number of nitrogens with zero attached hydrogens (tertiary/aromatic N) is 2. The highest BCUT2D eigenvalue weighted by Gasteiger charge is 2.20. The number of hydrogen-bond acceptors (Lipinski definition) is 0. The Kier molecular flexibility index (Phi) is 10.8. The Morgan fingerprint density at radius 2 is 1.01 bits per heavy atom. The molecular weight excluding hydrogens is 809 g/mol. The van der Waals surface area contributed by atoms with Crippen molar-refractivity contribution in [2.75, 3.05) is 0 Å². The fourth-order valence-electron chi connectivity index (χ4n) is 10.0. The lowest BCUT2D eigenvalue weighted by atomic mass is 9.95. The van der Waals surface area contributed by atoms with Crippen LogP contribution in [-0.2, 0) is 0 Å². The molecule has 0 saturated heterocycles. The van der Waals surface area contributed by atoms with Crippen LogP contribution in [0, 0.1) is 0 Å². The van der Waals surface area contributed by atoms with Crippen LogP contribution < -0.4 is 0 Å². The minimum atomic E-state index is 0.972. The van der Waals surface area contributed by atoms with E-state index in [1.807, 2.05) is 19.9 Å². The predicted molar refractivity (Wildman–Crippen MR) is 290 cm³/mol. The molecule has 0 N–H and O–H groups in total. The third-order valence-corrected chi connectivity index (χ3v) is 13.2. The van der Waals surface area contributed by atoms with E-state index in [0.717, 1.165) is 28.0 Å². The Morgan fingerprint density at radius 1 is 0.433 bits per heavy atom. The van der Waals surface area contributed by atoms with Crippen LogP contribution in [0.4, 0.5) is 0 Å². The van der Waals surface area contributed by atoms with E-state index in [2.05, 4.69) is 253 Å². The van der Waals surface area contributed by atoms with Crippen LogP contribution in [0.3, 0.4) is 0 Å². The summed E-state index contributed by atoms with van der Waals surface area (Å²) >= 11 is 0. The van der Waals surface area contributed by atoms with E-state index >= 15 is 0 Å². The van der Waals surface area contributed by atoms with Gasteiger partial charge in [-0.05, 0) is 128 Å². The maximum Gasteiger partial charge on any atom is 0.0625 e. The summed E-state index contributed by atoms with van der Waals surface area (Å²) in [7, 11) is 0. The summed E-state index contributed by atoms with van der Waals surface area (Å²) in [4.78, 5) is 0. The van der Waals surface area contributed by atoms with E-state index in [4.69, 9.17) is 0 Å². The lowest BCUT2D eigenvalue weighted by Crippen LogP contribution is -1.96. The van der Waals surface area contributed by atoms with Gasteiger partial charge in [0.15, 0.2) is 0 Å². The van der Waals surface area contributed by atoms with Crippen LogP contribution >= 0.6 is 0 Å². The predicted octanol–water partition coefficient (Wildman–Crippen LogP) is 18.1. The molecule has 12 rings (SSSR count). The molecule has 2 heterocycles. The zero-order valence-corrected chi connectivity index (χ0v) is 38.1. The molecule has 0 aliphatic carbocycles. The first-order valence-electron chi connectivity index (χ1n) is 23.4. The van der Waals surface area contributed by atoms with Crippen molar-refractivity contribution in [2.24, 2.45) is 0 Å². The normalized spacial score (nSPS) is 12.0. The third kappa shape index (κ3) is 7.34. The standard InChI is InChI=1S/C63H44N2.C2H6/c1-42(44-16-5-3-6-17-44)38-51(39-43(2)45-18-7-4-8-19-45)46-28-32-52(33-29-46)65-61-35-31-49(41-58(61)62-56-25-13-11-23-54(56)55-24-12-14-26-57(55)63(62)65)48-30-34-59-50(40-48)36-37-64(59)60-27-15-21-47-20-9-10-22-53(47)60;1-2/h3-41H,1H2,2H3;1-2H3/b43-39+,51-38+;. The van der Waals surface area contributed by atoms with Crippen molar-refractivity contribution in [3.05, 3.63) is 260 Å². The summed E-state index contributed by atoms with van der Waals surface area (Å²) in [6.45, 7) is 10.7. The zero-order chi connectivity index (χ0) is 45.4. The molecule has 0 fully saturated rings. The Hall–Kier alpha value is -8.46. The maximum atomic E-state index is 4.51. The smallest absolute Gasteiger partial charge is 0.0625 e. The van der Waals surface area contributed by atoms with E-state index in [9.17, 15) is 0 Å². The monoisotopic (exact) mass is 858 g/mol. The average molecular weight is 859 g/mol. The number of aromatic nitrogens is 2. The maximum absolute atomic E-state index is 4.51. The van der Waals surface area contributed by atoms with E-state index < -0.39 is 0 Å². The highest BCUT2D eigenvalue weighted by atomic mass is 15.0. The summed E-state index contributed by atoms with van der Waals surface area (Å²) in [5.74, 6) is 0. The summed E-state index contributed by atoms with van der Waals surface area (Å²) in [5, 5.41) is 11.2. The van der Waals surface area contributed by atoms with E-state index in [0.29, 0.717) is 0 Å². The first kappa shape index (κ1) is 41.3. The van der Waals surface area contributed by atoms with Crippen molar-refractivity contribution in [3.8, 4) is 22.5 Å². The van der Waals surface area contributed by atoms with Gasteiger partial charge in [0.1, 0.15) is 0 Å². The molecule has 2 heteroatoms. The molecule has 10 aromatic carbocycles. The number of fused-ring (bicyclic) bond motifs is 10. The van der Waals surface area contributed by atoms with Gasteiger partial charge in [-0.1, -0.05) is 196 Å². The van der Waals surface area contributed by atoms with Crippen molar-refractivity contribution >= 4 is 81.7 Å². The fraction of sp³-hybridized carbons (Fsp3) is 0.0462. The molecule has 0 amide bonds. The molecule has 0 radical (unpaired) electrons. The topological polar surface area (TPSA) is 9.86 Å². The molecule has 0 saturated carbocycles. The Bertz CT molecular complexity index is 3870. The highest BCUT2D eigenvalue weighted by molar-refractivity contribution is 6.32. The van der Waals surface area contributed by atoms with Crippen LogP contribution in [0.5, 0.6) is 0 Å². The zero-order valence-electron chi connectivity index (χ0n) is 38.1. The van der Waals surface area contributed by atoms with Crippen LogP contribution in [0.25, 0.3) is 104 Å². The highest BCUT2D eigenvalue weighted by Crippen LogP contribution is 2.44. The lowest BCUT2D eigenvalue weighted by molar-refractivity contribution is 1.14. The van der Waals surface area contributed by atoms with Crippen LogP contribution in [0.1, 0.15) is 37.5 Å². The van der Waals surface area contributed by atoms with Gasteiger partial charge >= 0.3 is 0 Å². The number of hydrogen-bond donors (Lipinski definition) is 0. The fourth-order valence-corrected chi connectivity index (χ4v) is 10.0. The Morgan fingerprint density at radius 3 is 1.75 bits per heavy atom. The molecule has 0 atom stereocenters. The van der Waals surface area contributed by atoms with Gasteiger partial charge in [-0.2, -0.15) is 0 Å². The van der Waals surface area contributed by atoms with Crippen molar-refractivity contribution in [3.63, 3.8) is 0 Å². The quantitative estimate of drug-likeness (QED) is 0.106. The first-order valence-corrected chi connectivity index (χ1v) is 23.4. The molecule has 0 aliphatic heterocycles. The summed E-state index contributed by atoms with van der Waals surface area (Å²) < 4.78 is 4.80. The van der Waals surface area contributed by atoms with Crippen molar-refractivity contribution in [1.29, 1.82) is 0 Å². The molecule has 0 aliphatic rings. The van der Waals surface area contributed by atoms with Gasteiger partial charge in [-0.3, -0.25) is 0 Å². The minimum absolute atomic E-state index is 0.972. The molecule has 320 valence electrons. The van der Waals surface area contributed by atoms with Gasteiger partial charge in [-0.15, -0.1) is 0 Å². The molecule has 67 heavy (non-hydrogen) atoms. The summed E-state index contributed by atoms with van der Waals surface area (Å²) in [6, 6.07) is 79.3. The molecule has 0 spiro atoms. The van der Waals surface area contributed by atoms with Gasteiger partial charge in [0.25, 0.3) is 0 Å². The van der Waals surface area contributed by atoms with Crippen molar-refractivity contribution in [1.82, 2.24) is 9.13 Å². The second kappa shape index (κ2) is 17.5. The van der Waals surface area contributed by atoms with Gasteiger partial charge in [-0.25, -0.2) is 0 Å². The van der Waals surface area contributed by atoms with Crippen molar-refractivity contribution in [2.45, 2.75) is 20.8 Å². The van der Waals surface area contributed by atoms with E-state index in [1.165, 1.54) is 93.0 Å².